The molecule has 0 fully saturated rings. The van der Waals surface area contributed by atoms with Gasteiger partial charge in [0.25, 0.3) is 0 Å². The normalized spacial score (nSPS) is 11.4. The largest absolute Gasteiger partial charge is 0.325 e. The van der Waals surface area contributed by atoms with E-state index in [1.54, 1.807) is 25.3 Å². The minimum atomic E-state index is -3.32. The number of thioether (sulfide) groups is 1. The molecule has 6 nitrogen and oxygen atoms in total. The Morgan fingerprint density at radius 3 is 2.55 bits per heavy atom. The third-order valence-corrected chi connectivity index (χ3v) is 6.98. The van der Waals surface area contributed by atoms with Crippen LogP contribution in [0.15, 0.2) is 64.9 Å². The van der Waals surface area contributed by atoms with Gasteiger partial charge in [-0.05, 0) is 55.3 Å². The number of imidazole rings is 1. The van der Waals surface area contributed by atoms with Gasteiger partial charge < -0.3 is 5.32 Å². The van der Waals surface area contributed by atoms with Crippen LogP contribution >= 0.6 is 11.8 Å². The highest BCUT2D eigenvalue weighted by Gasteiger charge is 2.14. The summed E-state index contributed by atoms with van der Waals surface area (Å²) in [5, 5.41) is 3.47. The first kappa shape index (κ1) is 21.1. The standard InChI is InChI=1S/C21H23N3O3S2/c1-4-29(26,27)19-7-5-6-17(13-19)23-20(25)14-28-21-22-8-9-24(21)18-11-15(2)10-16(3)12-18/h5-13H,4,14H2,1-3H3,(H,23,25). The molecule has 3 rings (SSSR count). The van der Waals surface area contributed by atoms with E-state index in [0.717, 1.165) is 16.8 Å². The van der Waals surface area contributed by atoms with Crippen molar-refractivity contribution in [2.45, 2.75) is 30.8 Å². The summed E-state index contributed by atoms with van der Waals surface area (Å²) in [6.07, 6.45) is 3.57. The molecule has 2 aromatic carbocycles. The number of sulfone groups is 1. The quantitative estimate of drug-likeness (QED) is 0.574. The summed E-state index contributed by atoms with van der Waals surface area (Å²) in [6, 6.07) is 12.6. The van der Waals surface area contributed by atoms with E-state index in [2.05, 4.69) is 28.5 Å². The Labute approximate surface area is 175 Å². The molecule has 1 N–H and O–H groups in total. The van der Waals surface area contributed by atoms with Gasteiger partial charge in [0, 0.05) is 23.8 Å². The molecule has 0 saturated carbocycles. The number of benzene rings is 2. The van der Waals surface area contributed by atoms with Gasteiger partial charge in [0.1, 0.15) is 0 Å². The summed E-state index contributed by atoms with van der Waals surface area (Å²) in [6.45, 7) is 5.68. The average Bonchev–Trinajstić information content (AvgIpc) is 3.14. The highest BCUT2D eigenvalue weighted by Crippen LogP contribution is 2.23. The predicted octanol–water partition coefficient (Wildman–Crippen LogP) is 4.01. The predicted molar refractivity (Wildman–Crippen MR) is 117 cm³/mol. The van der Waals surface area contributed by atoms with E-state index in [4.69, 9.17) is 0 Å². The van der Waals surface area contributed by atoms with E-state index >= 15 is 0 Å². The molecule has 8 heteroatoms. The number of aryl methyl sites for hydroxylation is 2. The molecule has 0 aliphatic carbocycles. The van der Waals surface area contributed by atoms with Crippen molar-refractivity contribution >= 4 is 33.2 Å². The Bertz CT molecular complexity index is 1120. The monoisotopic (exact) mass is 429 g/mol. The summed E-state index contributed by atoms with van der Waals surface area (Å²) >= 11 is 1.32. The van der Waals surface area contributed by atoms with Gasteiger partial charge in [-0.25, -0.2) is 13.4 Å². The maximum absolute atomic E-state index is 12.4. The fourth-order valence-corrected chi connectivity index (χ4v) is 4.64. The lowest BCUT2D eigenvalue weighted by molar-refractivity contribution is -0.113. The first-order valence-electron chi connectivity index (χ1n) is 9.16. The molecular weight excluding hydrogens is 406 g/mol. The van der Waals surface area contributed by atoms with E-state index in [1.807, 2.05) is 24.6 Å². The Hall–Kier alpha value is -2.58. The Kier molecular flexibility index (Phi) is 6.44. The van der Waals surface area contributed by atoms with Crippen LogP contribution in [0.2, 0.25) is 0 Å². The minimum absolute atomic E-state index is 0.0152. The molecule has 0 aliphatic heterocycles. The Morgan fingerprint density at radius 1 is 1.14 bits per heavy atom. The van der Waals surface area contributed by atoms with Crippen LogP contribution < -0.4 is 5.32 Å². The molecule has 1 amide bonds. The summed E-state index contributed by atoms with van der Waals surface area (Å²) < 4.78 is 26.0. The van der Waals surface area contributed by atoms with Crippen LogP contribution in [0.5, 0.6) is 0 Å². The van der Waals surface area contributed by atoms with Crippen LogP contribution in [0.3, 0.4) is 0 Å². The zero-order valence-corrected chi connectivity index (χ0v) is 18.2. The van der Waals surface area contributed by atoms with Gasteiger partial charge in [0.15, 0.2) is 15.0 Å². The number of aromatic nitrogens is 2. The van der Waals surface area contributed by atoms with Gasteiger partial charge >= 0.3 is 0 Å². The summed E-state index contributed by atoms with van der Waals surface area (Å²) in [7, 11) is -3.32. The van der Waals surface area contributed by atoms with Crippen molar-refractivity contribution < 1.29 is 13.2 Å². The van der Waals surface area contributed by atoms with Crippen LogP contribution in [0.25, 0.3) is 5.69 Å². The van der Waals surface area contributed by atoms with Gasteiger partial charge in [-0.2, -0.15) is 0 Å². The van der Waals surface area contributed by atoms with Crippen molar-refractivity contribution in [3.05, 3.63) is 66.0 Å². The van der Waals surface area contributed by atoms with Gasteiger partial charge in [0.2, 0.25) is 5.91 Å². The number of nitrogens with one attached hydrogen (secondary N) is 1. The number of nitrogens with zero attached hydrogens (tertiary/aromatic N) is 2. The molecule has 1 heterocycles. The molecule has 0 radical (unpaired) electrons. The number of hydrogen-bond acceptors (Lipinski definition) is 5. The van der Waals surface area contributed by atoms with Gasteiger partial charge in [-0.15, -0.1) is 0 Å². The third kappa shape index (κ3) is 5.27. The van der Waals surface area contributed by atoms with E-state index in [-0.39, 0.29) is 22.3 Å². The molecular formula is C21H23N3O3S2. The van der Waals surface area contributed by atoms with Gasteiger partial charge in [0.05, 0.1) is 16.4 Å². The molecule has 0 atom stereocenters. The first-order chi connectivity index (χ1) is 13.8. The van der Waals surface area contributed by atoms with Crippen molar-refractivity contribution in [2.24, 2.45) is 0 Å². The smallest absolute Gasteiger partial charge is 0.234 e. The van der Waals surface area contributed by atoms with E-state index in [9.17, 15) is 13.2 Å². The highest BCUT2D eigenvalue weighted by molar-refractivity contribution is 7.99. The SMILES string of the molecule is CCS(=O)(=O)c1cccc(NC(=O)CSc2nccn2-c2cc(C)cc(C)c2)c1. The zero-order valence-electron chi connectivity index (χ0n) is 16.5. The van der Waals surface area contributed by atoms with Crippen molar-refractivity contribution in [1.29, 1.82) is 0 Å². The molecule has 0 saturated heterocycles. The van der Waals surface area contributed by atoms with Crippen molar-refractivity contribution in [2.75, 3.05) is 16.8 Å². The van der Waals surface area contributed by atoms with Crippen LogP contribution in [-0.4, -0.2) is 35.4 Å². The molecule has 0 aliphatic rings. The number of hydrogen-bond donors (Lipinski definition) is 1. The second kappa shape index (κ2) is 8.84. The Morgan fingerprint density at radius 2 is 1.86 bits per heavy atom. The van der Waals surface area contributed by atoms with Crippen LogP contribution in [0.1, 0.15) is 18.1 Å². The molecule has 3 aromatic rings. The fourth-order valence-electron chi connectivity index (χ4n) is 2.94. The molecule has 0 unspecified atom stereocenters. The molecule has 29 heavy (non-hydrogen) atoms. The average molecular weight is 430 g/mol. The van der Waals surface area contributed by atoms with E-state index < -0.39 is 9.84 Å². The number of rotatable bonds is 7. The summed E-state index contributed by atoms with van der Waals surface area (Å²) in [5.41, 5.74) is 3.77. The van der Waals surface area contributed by atoms with Gasteiger partial charge in [-0.1, -0.05) is 30.8 Å². The molecule has 0 bridgehead atoms. The second-order valence-corrected chi connectivity index (χ2v) is 9.91. The van der Waals surface area contributed by atoms with E-state index in [0.29, 0.717) is 10.8 Å². The lowest BCUT2D eigenvalue weighted by Crippen LogP contribution is -2.15. The van der Waals surface area contributed by atoms with Crippen LogP contribution in [0.4, 0.5) is 5.69 Å². The first-order valence-corrected chi connectivity index (χ1v) is 11.8. The summed E-state index contributed by atoms with van der Waals surface area (Å²) in [5.74, 6) is -0.0514. The molecule has 0 spiro atoms. The molecule has 152 valence electrons. The lowest BCUT2D eigenvalue weighted by atomic mass is 10.1. The highest BCUT2D eigenvalue weighted by atomic mass is 32.2. The van der Waals surface area contributed by atoms with E-state index in [1.165, 1.54) is 23.9 Å². The third-order valence-electron chi connectivity index (χ3n) is 4.28. The molecule has 1 aromatic heterocycles. The van der Waals surface area contributed by atoms with Crippen LogP contribution in [-0.2, 0) is 14.6 Å². The van der Waals surface area contributed by atoms with Crippen molar-refractivity contribution in [3.8, 4) is 5.69 Å². The topological polar surface area (TPSA) is 81.1 Å². The van der Waals surface area contributed by atoms with Crippen molar-refractivity contribution in [1.82, 2.24) is 9.55 Å². The zero-order chi connectivity index (χ0) is 21.0. The maximum Gasteiger partial charge on any atom is 0.234 e. The summed E-state index contributed by atoms with van der Waals surface area (Å²) in [4.78, 5) is 16.9. The lowest BCUT2D eigenvalue weighted by Gasteiger charge is -2.10. The minimum Gasteiger partial charge on any atom is -0.325 e. The maximum atomic E-state index is 12.4. The van der Waals surface area contributed by atoms with Crippen LogP contribution in [0, 0.1) is 13.8 Å². The Balaban J connectivity index is 1.68. The van der Waals surface area contributed by atoms with Crippen molar-refractivity contribution in [3.63, 3.8) is 0 Å². The number of carbonyl (C=O) groups is 1. The number of amides is 1. The number of anilines is 1. The second-order valence-electron chi connectivity index (χ2n) is 6.69. The fraction of sp³-hybridized carbons (Fsp3) is 0.238. The van der Waals surface area contributed by atoms with Gasteiger partial charge in [-0.3, -0.25) is 9.36 Å². The number of carbonyl (C=O) groups excluding carboxylic acids is 1.